The maximum absolute atomic E-state index is 12.7. The zero-order chi connectivity index (χ0) is 15.5. The number of amides is 1. The van der Waals surface area contributed by atoms with E-state index in [2.05, 4.69) is 5.32 Å². The first kappa shape index (κ1) is 16.5. The minimum Gasteiger partial charge on any atom is -0.388 e. The van der Waals surface area contributed by atoms with Crippen LogP contribution in [0.3, 0.4) is 0 Å². The predicted octanol–water partition coefficient (Wildman–Crippen LogP) is 2.01. The molecule has 1 saturated heterocycles. The summed E-state index contributed by atoms with van der Waals surface area (Å²) in [7, 11) is 0. The Morgan fingerprint density at radius 3 is 2.57 bits per heavy atom. The third kappa shape index (κ3) is 4.57. The lowest BCUT2D eigenvalue weighted by atomic mass is 9.80. The number of carbonyl (C=O) groups is 1. The molecule has 2 fully saturated rings. The SMILES string of the molecule is O=C(NCC1(O)CCOCC1)C1CCCC(C(F)(F)F)C1. The molecule has 122 valence electrons. The average Bonchev–Trinajstić information content (AvgIpc) is 2.45. The number of ether oxygens (including phenoxy) is 1. The standard InChI is InChI=1S/C14H22F3NO3/c15-14(16,17)11-3-1-2-10(8-11)12(19)18-9-13(20)4-6-21-7-5-13/h10-11,20H,1-9H2,(H,18,19). The molecule has 21 heavy (non-hydrogen) atoms. The van der Waals surface area contributed by atoms with Gasteiger partial charge in [-0.05, 0) is 19.3 Å². The number of aliphatic hydroxyl groups is 1. The van der Waals surface area contributed by atoms with Gasteiger partial charge in [0.05, 0.1) is 11.5 Å². The summed E-state index contributed by atoms with van der Waals surface area (Å²) in [6.07, 6.45) is -2.49. The van der Waals surface area contributed by atoms with Crippen LogP contribution >= 0.6 is 0 Å². The zero-order valence-corrected chi connectivity index (χ0v) is 11.9. The first-order valence-corrected chi connectivity index (χ1v) is 7.45. The molecule has 1 heterocycles. The van der Waals surface area contributed by atoms with Gasteiger partial charge in [-0.15, -0.1) is 0 Å². The van der Waals surface area contributed by atoms with Crippen molar-refractivity contribution in [2.45, 2.75) is 50.3 Å². The van der Waals surface area contributed by atoms with Gasteiger partial charge in [-0.2, -0.15) is 13.2 Å². The molecule has 7 heteroatoms. The molecule has 2 N–H and O–H groups in total. The number of hydrogen-bond donors (Lipinski definition) is 2. The molecule has 0 aromatic rings. The van der Waals surface area contributed by atoms with Crippen LogP contribution in [-0.4, -0.2) is 42.5 Å². The van der Waals surface area contributed by atoms with Crippen LogP contribution in [0.1, 0.15) is 38.5 Å². The van der Waals surface area contributed by atoms with Gasteiger partial charge in [0.1, 0.15) is 0 Å². The fourth-order valence-corrected chi connectivity index (χ4v) is 3.05. The summed E-state index contributed by atoms with van der Waals surface area (Å²) in [4.78, 5) is 12.0. The molecular weight excluding hydrogens is 287 g/mol. The largest absolute Gasteiger partial charge is 0.391 e. The number of nitrogens with one attached hydrogen (secondary N) is 1. The molecule has 0 aromatic carbocycles. The first-order valence-electron chi connectivity index (χ1n) is 7.45. The fourth-order valence-electron chi connectivity index (χ4n) is 3.05. The Hall–Kier alpha value is -0.820. The number of rotatable bonds is 3. The molecular formula is C14H22F3NO3. The summed E-state index contributed by atoms with van der Waals surface area (Å²) in [5.41, 5.74) is -0.994. The normalized spacial score (nSPS) is 29.9. The number of hydrogen-bond acceptors (Lipinski definition) is 3. The summed E-state index contributed by atoms with van der Waals surface area (Å²) in [6.45, 7) is 0.959. The molecule has 0 radical (unpaired) electrons. The lowest BCUT2D eigenvalue weighted by molar-refractivity contribution is -0.186. The molecule has 1 saturated carbocycles. The second-order valence-corrected chi connectivity index (χ2v) is 6.16. The molecule has 0 bridgehead atoms. The third-order valence-electron chi connectivity index (χ3n) is 4.52. The molecule has 2 unspecified atom stereocenters. The highest BCUT2D eigenvalue weighted by Crippen LogP contribution is 2.39. The molecule has 1 aliphatic heterocycles. The summed E-state index contributed by atoms with van der Waals surface area (Å²) in [5.74, 6) is -2.36. The Bertz CT molecular complexity index is 367. The van der Waals surface area contributed by atoms with Crippen LogP contribution in [0.4, 0.5) is 13.2 Å². The Morgan fingerprint density at radius 1 is 1.29 bits per heavy atom. The van der Waals surface area contributed by atoms with Gasteiger partial charge in [0, 0.05) is 38.5 Å². The van der Waals surface area contributed by atoms with E-state index >= 15 is 0 Å². The van der Waals surface area contributed by atoms with Gasteiger partial charge in [-0.1, -0.05) is 6.42 Å². The molecule has 0 aromatic heterocycles. The lowest BCUT2D eigenvalue weighted by Crippen LogP contribution is -2.48. The van der Waals surface area contributed by atoms with Crippen LogP contribution in [0.25, 0.3) is 0 Å². The molecule has 2 atom stereocenters. The van der Waals surface area contributed by atoms with E-state index in [-0.39, 0.29) is 25.3 Å². The van der Waals surface area contributed by atoms with Crippen LogP contribution in [0, 0.1) is 11.8 Å². The second kappa shape index (κ2) is 6.52. The minimum absolute atomic E-state index is 0.0857. The predicted molar refractivity (Wildman–Crippen MR) is 69.5 cm³/mol. The van der Waals surface area contributed by atoms with E-state index in [9.17, 15) is 23.1 Å². The number of carbonyl (C=O) groups excluding carboxylic acids is 1. The van der Waals surface area contributed by atoms with Gasteiger partial charge in [0.15, 0.2) is 0 Å². The summed E-state index contributed by atoms with van der Waals surface area (Å²) in [6, 6.07) is 0. The Balaban J connectivity index is 1.82. The van der Waals surface area contributed by atoms with E-state index in [1.54, 1.807) is 0 Å². The Morgan fingerprint density at radius 2 is 1.95 bits per heavy atom. The molecule has 2 rings (SSSR count). The van der Waals surface area contributed by atoms with Crippen molar-refractivity contribution in [1.82, 2.24) is 5.32 Å². The molecule has 2 aliphatic rings. The lowest BCUT2D eigenvalue weighted by Gasteiger charge is -2.34. The highest BCUT2D eigenvalue weighted by molar-refractivity contribution is 5.78. The van der Waals surface area contributed by atoms with E-state index < -0.39 is 23.6 Å². The van der Waals surface area contributed by atoms with E-state index in [1.807, 2.05) is 0 Å². The van der Waals surface area contributed by atoms with Crippen LogP contribution in [0.15, 0.2) is 0 Å². The van der Waals surface area contributed by atoms with Crippen LogP contribution < -0.4 is 5.32 Å². The molecule has 0 spiro atoms. The smallest absolute Gasteiger partial charge is 0.388 e. The van der Waals surface area contributed by atoms with Crippen molar-refractivity contribution in [3.63, 3.8) is 0 Å². The summed E-state index contributed by atoms with van der Waals surface area (Å²) < 4.78 is 43.3. The van der Waals surface area contributed by atoms with E-state index in [4.69, 9.17) is 4.74 Å². The van der Waals surface area contributed by atoms with Gasteiger partial charge < -0.3 is 15.2 Å². The van der Waals surface area contributed by atoms with Gasteiger partial charge in [-0.3, -0.25) is 4.79 Å². The van der Waals surface area contributed by atoms with Crippen LogP contribution in [0.5, 0.6) is 0 Å². The fraction of sp³-hybridized carbons (Fsp3) is 0.929. The average molecular weight is 309 g/mol. The van der Waals surface area contributed by atoms with Crippen molar-refractivity contribution in [2.75, 3.05) is 19.8 Å². The van der Waals surface area contributed by atoms with E-state index in [0.29, 0.717) is 38.9 Å². The van der Waals surface area contributed by atoms with Crippen molar-refractivity contribution in [3.05, 3.63) is 0 Å². The third-order valence-corrected chi connectivity index (χ3v) is 4.52. The van der Waals surface area contributed by atoms with Crippen molar-refractivity contribution >= 4 is 5.91 Å². The molecule has 1 amide bonds. The van der Waals surface area contributed by atoms with Gasteiger partial charge in [0.25, 0.3) is 0 Å². The zero-order valence-electron chi connectivity index (χ0n) is 11.9. The van der Waals surface area contributed by atoms with Crippen molar-refractivity contribution < 1.29 is 27.8 Å². The summed E-state index contributed by atoms with van der Waals surface area (Å²) >= 11 is 0. The maximum Gasteiger partial charge on any atom is 0.391 e. The van der Waals surface area contributed by atoms with Crippen molar-refractivity contribution in [2.24, 2.45) is 11.8 Å². The number of alkyl halides is 3. The van der Waals surface area contributed by atoms with E-state index in [1.165, 1.54) is 0 Å². The highest BCUT2D eigenvalue weighted by atomic mass is 19.4. The minimum atomic E-state index is -4.22. The monoisotopic (exact) mass is 309 g/mol. The van der Waals surface area contributed by atoms with Gasteiger partial charge >= 0.3 is 6.18 Å². The van der Waals surface area contributed by atoms with Crippen LogP contribution in [-0.2, 0) is 9.53 Å². The highest BCUT2D eigenvalue weighted by Gasteiger charge is 2.43. The molecule has 4 nitrogen and oxygen atoms in total. The number of halogens is 3. The van der Waals surface area contributed by atoms with Crippen molar-refractivity contribution in [1.29, 1.82) is 0 Å². The molecule has 1 aliphatic carbocycles. The quantitative estimate of drug-likeness (QED) is 0.838. The maximum atomic E-state index is 12.7. The first-order chi connectivity index (χ1) is 9.80. The Labute approximate surface area is 122 Å². The van der Waals surface area contributed by atoms with E-state index in [0.717, 1.165) is 0 Å². The summed E-state index contributed by atoms with van der Waals surface area (Å²) in [5, 5.41) is 12.8. The van der Waals surface area contributed by atoms with Gasteiger partial charge in [-0.25, -0.2) is 0 Å². The topological polar surface area (TPSA) is 58.6 Å². The van der Waals surface area contributed by atoms with Crippen LogP contribution in [0.2, 0.25) is 0 Å². The van der Waals surface area contributed by atoms with Crippen molar-refractivity contribution in [3.8, 4) is 0 Å². The van der Waals surface area contributed by atoms with Gasteiger partial charge in [0.2, 0.25) is 5.91 Å². The second-order valence-electron chi connectivity index (χ2n) is 6.16. The Kier molecular flexibility index (Phi) is 5.14.